The topological polar surface area (TPSA) is 40.5 Å². The Kier molecular flexibility index (Phi) is 3.49. The number of benzene rings is 1. The van der Waals surface area contributed by atoms with Crippen molar-refractivity contribution < 1.29 is 14.3 Å². The SMILES string of the molecule is CC(C(=O)O)N1CCc2c(Br)ccc(F)c2C1. The highest BCUT2D eigenvalue weighted by Crippen LogP contribution is 2.29. The van der Waals surface area contributed by atoms with Gasteiger partial charge in [0.2, 0.25) is 0 Å². The van der Waals surface area contributed by atoms with Crippen molar-refractivity contribution in [1.82, 2.24) is 4.90 Å². The minimum Gasteiger partial charge on any atom is -0.480 e. The molecule has 0 aliphatic carbocycles. The van der Waals surface area contributed by atoms with Crippen LogP contribution in [0.2, 0.25) is 0 Å². The maximum Gasteiger partial charge on any atom is 0.320 e. The zero-order valence-corrected chi connectivity index (χ0v) is 11.0. The van der Waals surface area contributed by atoms with Crippen molar-refractivity contribution in [2.75, 3.05) is 6.54 Å². The van der Waals surface area contributed by atoms with Gasteiger partial charge in [0, 0.05) is 23.1 Å². The first-order chi connectivity index (χ1) is 8.00. The lowest BCUT2D eigenvalue weighted by Gasteiger charge is -2.32. The number of hydrogen-bond acceptors (Lipinski definition) is 2. The average Bonchev–Trinajstić information content (AvgIpc) is 2.32. The molecule has 0 saturated heterocycles. The molecule has 0 saturated carbocycles. The van der Waals surface area contributed by atoms with Crippen LogP contribution in [0.25, 0.3) is 0 Å². The summed E-state index contributed by atoms with van der Waals surface area (Å²) >= 11 is 3.40. The van der Waals surface area contributed by atoms with Gasteiger partial charge in [0.05, 0.1) is 0 Å². The van der Waals surface area contributed by atoms with E-state index in [-0.39, 0.29) is 5.82 Å². The molecule has 0 spiro atoms. The van der Waals surface area contributed by atoms with Crippen LogP contribution in [0.5, 0.6) is 0 Å². The number of halogens is 2. The van der Waals surface area contributed by atoms with E-state index >= 15 is 0 Å². The molecular weight excluding hydrogens is 289 g/mol. The Balaban J connectivity index is 2.30. The van der Waals surface area contributed by atoms with Crippen molar-refractivity contribution in [3.8, 4) is 0 Å². The molecule has 1 atom stereocenters. The van der Waals surface area contributed by atoms with Crippen molar-refractivity contribution >= 4 is 21.9 Å². The van der Waals surface area contributed by atoms with Crippen LogP contribution in [0.1, 0.15) is 18.1 Å². The highest BCUT2D eigenvalue weighted by atomic mass is 79.9. The van der Waals surface area contributed by atoms with E-state index in [0.29, 0.717) is 25.1 Å². The highest BCUT2D eigenvalue weighted by molar-refractivity contribution is 9.10. The number of carbonyl (C=O) groups is 1. The van der Waals surface area contributed by atoms with Crippen molar-refractivity contribution in [3.63, 3.8) is 0 Å². The third-order valence-electron chi connectivity index (χ3n) is 3.23. The van der Waals surface area contributed by atoms with Crippen molar-refractivity contribution in [1.29, 1.82) is 0 Å². The fourth-order valence-electron chi connectivity index (χ4n) is 2.10. The molecular formula is C12H13BrFNO2. The molecule has 17 heavy (non-hydrogen) atoms. The highest BCUT2D eigenvalue weighted by Gasteiger charge is 2.27. The van der Waals surface area contributed by atoms with Gasteiger partial charge in [-0.2, -0.15) is 0 Å². The predicted molar refractivity (Wildman–Crippen MR) is 65.3 cm³/mol. The summed E-state index contributed by atoms with van der Waals surface area (Å²) in [5, 5.41) is 8.96. The van der Waals surface area contributed by atoms with Gasteiger partial charge in [0.15, 0.2) is 0 Å². The minimum atomic E-state index is -0.871. The van der Waals surface area contributed by atoms with E-state index in [4.69, 9.17) is 5.11 Å². The fourth-order valence-corrected chi connectivity index (χ4v) is 2.67. The molecule has 0 radical (unpaired) electrons. The van der Waals surface area contributed by atoms with Crippen LogP contribution in [-0.4, -0.2) is 28.6 Å². The predicted octanol–water partition coefficient (Wildman–Crippen LogP) is 2.42. The Morgan fingerprint density at radius 3 is 2.88 bits per heavy atom. The summed E-state index contributed by atoms with van der Waals surface area (Å²) in [5.74, 6) is -1.13. The molecule has 1 aromatic carbocycles. The van der Waals surface area contributed by atoms with Crippen LogP contribution in [-0.2, 0) is 17.8 Å². The van der Waals surface area contributed by atoms with Crippen LogP contribution in [0.15, 0.2) is 16.6 Å². The zero-order chi connectivity index (χ0) is 12.6. The summed E-state index contributed by atoms with van der Waals surface area (Å²) in [6.45, 7) is 2.62. The van der Waals surface area contributed by atoms with Gasteiger partial charge in [-0.15, -0.1) is 0 Å². The smallest absolute Gasteiger partial charge is 0.320 e. The molecule has 1 aromatic rings. The standard InChI is InChI=1S/C12H13BrFNO2/c1-7(12(16)17)15-5-4-8-9(6-15)11(14)3-2-10(8)13/h2-3,7H,4-6H2,1H3,(H,16,17). The number of nitrogens with zero attached hydrogens (tertiary/aromatic N) is 1. The molecule has 1 aliphatic rings. The molecule has 0 amide bonds. The second-order valence-electron chi connectivity index (χ2n) is 4.22. The number of rotatable bonds is 2. The summed E-state index contributed by atoms with van der Waals surface area (Å²) in [6, 6.07) is 2.53. The van der Waals surface area contributed by atoms with E-state index in [1.807, 2.05) is 0 Å². The molecule has 92 valence electrons. The molecule has 1 N–H and O–H groups in total. The molecule has 2 rings (SSSR count). The van der Waals surface area contributed by atoms with Gasteiger partial charge in [-0.3, -0.25) is 9.69 Å². The van der Waals surface area contributed by atoms with Crippen LogP contribution >= 0.6 is 15.9 Å². The van der Waals surface area contributed by atoms with Crippen molar-refractivity contribution in [2.45, 2.75) is 25.9 Å². The largest absolute Gasteiger partial charge is 0.480 e. The zero-order valence-electron chi connectivity index (χ0n) is 9.41. The summed E-state index contributed by atoms with van der Waals surface area (Å²) in [6.07, 6.45) is 0.672. The summed E-state index contributed by atoms with van der Waals surface area (Å²) in [4.78, 5) is 12.7. The van der Waals surface area contributed by atoms with Crippen molar-refractivity contribution in [2.24, 2.45) is 0 Å². The number of carboxylic acid groups (broad SMARTS) is 1. The molecule has 5 heteroatoms. The van der Waals surface area contributed by atoms with E-state index < -0.39 is 12.0 Å². The Bertz CT molecular complexity index is 464. The normalized spacial score (nSPS) is 17.6. The molecule has 0 aromatic heterocycles. The monoisotopic (exact) mass is 301 g/mol. The van der Waals surface area contributed by atoms with E-state index in [1.54, 1.807) is 17.9 Å². The Labute approximate surface area is 107 Å². The Hall–Kier alpha value is -0.940. The van der Waals surface area contributed by atoms with E-state index in [0.717, 1.165) is 10.0 Å². The van der Waals surface area contributed by atoms with Gasteiger partial charge in [0.25, 0.3) is 0 Å². The third kappa shape index (κ3) is 2.35. The lowest BCUT2D eigenvalue weighted by molar-refractivity contribution is -0.143. The van der Waals surface area contributed by atoms with Crippen LogP contribution in [0.4, 0.5) is 4.39 Å². The second kappa shape index (κ2) is 4.74. The third-order valence-corrected chi connectivity index (χ3v) is 3.98. The fraction of sp³-hybridized carbons (Fsp3) is 0.417. The first kappa shape index (κ1) is 12.5. The minimum absolute atomic E-state index is 0.259. The molecule has 1 heterocycles. The lowest BCUT2D eigenvalue weighted by atomic mass is 9.98. The van der Waals surface area contributed by atoms with Gasteiger partial charge in [-0.05, 0) is 31.0 Å². The number of fused-ring (bicyclic) bond motifs is 1. The second-order valence-corrected chi connectivity index (χ2v) is 5.08. The summed E-state index contributed by atoms with van der Waals surface area (Å²) in [7, 11) is 0. The van der Waals surface area contributed by atoms with Gasteiger partial charge in [-0.1, -0.05) is 15.9 Å². The number of carboxylic acids is 1. The molecule has 0 bridgehead atoms. The van der Waals surface area contributed by atoms with Gasteiger partial charge >= 0.3 is 5.97 Å². The Morgan fingerprint density at radius 1 is 1.53 bits per heavy atom. The van der Waals surface area contributed by atoms with Crippen LogP contribution in [0.3, 0.4) is 0 Å². The maximum atomic E-state index is 13.7. The van der Waals surface area contributed by atoms with Gasteiger partial charge in [-0.25, -0.2) is 4.39 Å². The van der Waals surface area contributed by atoms with E-state index in [9.17, 15) is 9.18 Å². The van der Waals surface area contributed by atoms with Gasteiger partial charge < -0.3 is 5.11 Å². The molecule has 1 unspecified atom stereocenters. The van der Waals surface area contributed by atoms with E-state index in [1.165, 1.54) is 6.07 Å². The van der Waals surface area contributed by atoms with Crippen LogP contribution < -0.4 is 0 Å². The summed E-state index contributed by atoms with van der Waals surface area (Å²) in [5.41, 5.74) is 1.57. The summed E-state index contributed by atoms with van der Waals surface area (Å²) < 4.78 is 14.6. The first-order valence-corrected chi connectivity index (χ1v) is 6.22. The van der Waals surface area contributed by atoms with Crippen LogP contribution in [0, 0.1) is 5.82 Å². The number of aliphatic carboxylic acids is 1. The molecule has 3 nitrogen and oxygen atoms in total. The molecule has 0 fully saturated rings. The maximum absolute atomic E-state index is 13.7. The molecule has 1 aliphatic heterocycles. The van der Waals surface area contributed by atoms with Crippen molar-refractivity contribution in [3.05, 3.63) is 33.5 Å². The number of hydrogen-bond donors (Lipinski definition) is 1. The Morgan fingerprint density at radius 2 is 2.24 bits per heavy atom. The first-order valence-electron chi connectivity index (χ1n) is 5.43. The lowest BCUT2D eigenvalue weighted by Crippen LogP contribution is -2.42. The quantitative estimate of drug-likeness (QED) is 0.912. The average molecular weight is 302 g/mol. The van der Waals surface area contributed by atoms with Gasteiger partial charge in [0.1, 0.15) is 11.9 Å². The van der Waals surface area contributed by atoms with E-state index in [2.05, 4.69) is 15.9 Å².